The third-order valence-electron chi connectivity index (χ3n) is 2.92. The van der Waals surface area contributed by atoms with Crippen LogP contribution in [0.2, 0.25) is 0 Å². The van der Waals surface area contributed by atoms with Gasteiger partial charge in [0.1, 0.15) is 6.61 Å². The number of carbonyl (C=O) groups excluding carboxylic acids is 1. The molecule has 0 aromatic heterocycles. The van der Waals surface area contributed by atoms with E-state index in [0.717, 1.165) is 6.42 Å². The van der Waals surface area contributed by atoms with Gasteiger partial charge in [-0.25, -0.2) is 0 Å². The Morgan fingerprint density at radius 2 is 2.00 bits per heavy atom. The molecule has 4 nitrogen and oxygen atoms in total. The topological polar surface area (TPSA) is 44.8 Å². The first kappa shape index (κ1) is 13.9. The maximum Gasteiger partial charge on any atom is 0.231 e. The molecule has 0 bridgehead atoms. The molecule has 19 heavy (non-hydrogen) atoms. The van der Waals surface area contributed by atoms with Crippen LogP contribution in [0.25, 0.3) is 0 Å². The van der Waals surface area contributed by atoms with E-state index < -0.39 is 0 Å². The van der Waals surface area contributed by atoms with Crippen molar-refractivity contribution in [1.29, 1.82) is 0 Å². The van der Waals surface area contributed by atoms with Gasteiger partial charge in [-0.3, -0.25) is 4.79 Å². The Morgan fingerprint density at radius 1 is 1.26 bits per heavy atom. The quantitative estimate of drug-likeness (QED) is 0.605. The Hall–Kier alpha value is -1.55. The monoisotopic (exact) mass is 264 g/mol. The van der Waals surface area contributed by atoms with Gasteiger partial charge >= 0.3 is 0 Å². The maximum absolute atomic E-state index is 11.9. The van der Waals surface area contributed by atoms with Crippen molar-refractivity contribution in [3.05, 3.63) is 23.8 Å². The largest absolute Gasteiger partial charge is 0.454 e. The average molecular weight is 264 g/mol. The number of benzene rings is 1. The third kappa shape index (κ3) is 3.96. The molecule has 0 unspecified atom stereocenters. The van der Waals surface area contributed by atoms with Gasteiger partial charge in [0.05, 0.1) is 0 Å². The molecule has 1 aliphatic rings. The second kappa shape index (κ2) is 5.61. The van der Waals surface area contributed by atoms with Gasteiger partial charge in [-0.2, -0.15) is 0 Å². The van der Waals surface area contributed by atoms with Crippen LogP contribution in [0, 0.1) is 5.41 Å². The molecule has 0 atom stereocenters. The normalized spacial score (nSPS) is 13.6. The van der Waals surface area contributed by atoms with Crippen LogP contribution < -0.4 is 9.47 Å². The van der Waals surface area contributed by atoms with Crippen molar-refractivity contribution in [3.8, 4) is 11.5 Å². The van der Waals surface area contributed by atoms with Crippen LogP contribution in [0.5, 0.6) is 11.5 Å². The second-order valence-electron chi connectivity index (χ2n) is 5.85. The van der Waals surface area contributed by atoms with Gasteiger partial charge in [0, 0.05) is 12.2 Å². The van der Waals surface area contributed by atoms with Gasteiger partial charge in [-0.15, -0.1) is 0 Å². The number of rotatable bonds is 5. The molecule has 0 saturated carbocycles. The van der Waals surface area contributed by atoms with E-state index in [1.165, 1.54) is 0 Å². The molecule has 0 amide bonds. The first-order chi connectivity index (χ1) is 8.96. The number of ketones is 1. The highest BCUT2D eigenvalue weighted by molar-refractivity contribution is 5.97. The van der Waals surface area contributed by atoms with Crippen LogP contribution in [-0.4, -0.2) is 25.8 Å². The molecule has 0 aliphatic carbocycles. The Kier molecular flexibility index (Phi) is 4.10. The third-order valence-corrected chi connectivity index (χ3v) is 2.92. The average Bonchev–Trinajstić information content (AvgIpc) is 2.80. The smallest absolute Gasteiger partial charge is 0.231 e. The fourth-order valence-electron chi connectivity index (χ4n) is 1.70. The minimum absolute atomic E-state index is 0.0350. The number of hydrogen-bond donors (Lipinski definition) is 0. The lowest BCUT2D eigenvalue weighted by Crippen LogP contribution is -2.14. The number of ether oxygens (including phenoxy) is 3. The summed E-state index contributed by atoms with van der Waals surface area (Å²) in [7, 11) is 0. The van der Waals surface area contributed by atoms with Gasteiger partial charge in [0.15, 0.2) is 17.3 Å². The molecule has 1 aliphatic heterocycles. The lowest BCUT2D eigenvalue weighted by atomic mass is 9.93. The molecule has 1 heterocycles. The van der Waals surface area contributed by atoms with Crippen molar-refractivity contribution >= 4 is 5.78 Å². The number of hydrogen-bond acceptors (Lipinski definition) is 4. The van der Waals surface area contributed by atoms with Crippen molar-refractivity contribution in [2.24, 2.45) is 5.41 Å². The van der Waals surface area contributed by atoms with Crippen LogP contribution in [-0.2, 0) is 4.74 Å². The van der Waals surface area contributed by atoms with Gasteiger partial charge < -0.3 is 14.2 Å². The number of Topliss-reactive ketones (excluding diaryl/α,β-unsaturated/α-hetero) is 1. The fourth-order valence-corrected chi connectivity index (χ4v) is 1.70. The summed E-state index contributed by atoms with van der Waals surface area (Å²) in [4.78, 5) is 11.9. The molecule has 0 fully saturated rings. The Labute approximate surface area is 113 Å². The SMILES string of the molecule is CC(C)(C)CCOCC(=O)c1ccc2c(c1)OCO2. The second-order valence-corrected chi connectivity index (χ2v) is 5.85. The van der Waals surface area contributed by atoms with Crippen molar-refractivity contribution in [1.82, 2.24) is 0 Å². The van der Waals surface area contributed by atoms with E-state index in [2.05, 4.69) is 20.8 Å². The fraction of sp³-hybridized carbons (Fsp3) is 0.533. The summed E-state index contributed by atoms with van der Waals surface area (Å²) < 4.78 is 15.9. The molecule has 0 radical (unpaired) electrons. The molecule has 0 N–H and O–H groups in total. The molecule has 2 rings (SSSR count). The predicted molar refractivity (Wildman–Crippen MR) is 71.8 cm³/mol. The molecule has 0 saturated heterocycles. The molecule has 104 valence electrons. The van der Waals surface area contributed by atoms with Gasteiger partial charge in [0.2, 0.25) is 6.79 Å². The first-order valence-corrected chi connectivity index (χ1v) is 6.46. The van der Waals surface area contributed by atoms with Crippen LogP contribution in [0.15, 0.2) is 18.2 Å². The molecule has 0 spiro atoms. The highest BCUT2D eigenvalue weighted by Crippen LogP contribution is 2.32. The lowest BCUT2D eigenvalue weighted by molar-refractivity contribution is 0.0705. The summed E-state index contributed by atoms with van der Waals surface area (Å²) in [5.41, 5.74) is 0.821. The van der Waals surface area contributed by atoms with E-state index >= 15 is 0 Å². The lowest BCUT2D eigenvalue weighted by Gasteiger charge is -2.17. The number of fused-ring (bicyclic) bond motifs is 1. The summed E-state index contributed by atoms with van der Waals surface area (Å²) in [6.07, 6.45) is 0.932. The van der Waals surface area contributed by atoms with E-state index in [-0.39, 0.29) is 24.6 Å². The van der Waals surface area contributed by atoms with E-state index in [0.29, 0.717) is 23.7 Å². The molecular weight excluding hydrogens is 244 g/mol. The van der Waals surface area contributed by atoms with Crippen molar-refractivity contribution in [2.75, 3.05) is 20.0 Å². The minimum atomic E-state index is -0.0350. The van der Waals surface area contributed by atoms with E-state index in [1.54, 1.807) is 18.2 Å². The highest BCUT2D eigenvalue weighted by Gasteiger charge is 2.16. The summed E-state index contributed by atoms with van der Waals surface area (Å²) in [6.45, 7) is 7.37. The van der Waals surface area contributed by atoms with Crippen molar-refractivity contribution in [2.45, 2.75) is 27.2 Å². The first-order valence-electron chi connectivity index (χ1n) is 6.46. The van der Waals surface area contributed by atoms with Gasteiger partial charge in [-0.05, 0) is 30.0 Å². The predicted octanol–water partition coefficient (Wildman–Crippen LogP) is 3.05. The molecule has 4 heteroatoms. The highest BCUT2D eigenvalue weighted by atomic mass is 16.7. The van der Waals surface area contributed by atoms with Crippen LogP contribution in [0.3, 0.4) is 0 Å². The van der Waals surface area contributed by atoms with E-state index in [4.69, 9.17) is 14.2 Å². The summed E-state index contributed by atoms with van der Waals surface area (Å²) in [6, 6.07) is 5.20. The van der Waals surface area contributed by atoms with Crippen LogP contribution in [0.1, 0.15) is 37.6 Å². The standard InChI is InChI=1S/C15H20O4/c1-15(2,3)6-7-17-9-12(16)11-4-5-13-14(8-11)19-10-18-13/h4-5,8H,6-7,9-10H2,1-3H3. The Balaban J connectivity index is 1.83. The van der Waals surface area contributed by atoms with E-state index in [9.17, 15) is 4.79 Å². The molecule has 1 aromatic carbocycles. The molecule has 1 aromatic rings. The van der Waals surface area contributed by atoms with E-state index in [1.807, 2.05) is 0 Å². The zero-order chi connectivity index (χ0) is 13.9. The van der Waals surface area contributed by atoms with Gasteiger partial charge in [-0.1, -0.05) is 20.8 Å². The summed E-state index contributed by atoms with van der Waals surface area (Å²) in [5.74, 6) is 1.28. The Morgan fingerprint density at radius 3 is 2.74 bits per heavy atom. The molecular formula is C15H20O4. The number of carbonyl (C=O) groups is 1. The van der Waals surface area contributed by atoms with Crippen molar-refractivity contribution < 1.29 is 19.0 Å². The zero-order valence-corrected chi connectivity index (χ0v) is 11.7. The van der Waals surface area contributed by atoms with Crippen molar-refractivity contribution in [3.63, 3.8) is 0 Å². The summed E-state index contributed by atoms with van der Waals surface area (Å²) in [5, 5.41) is 0. The van der Waals surface area contributed by atoms with Crippen LogP contribution in [0.4, 0.5) is 0 Å². The zero-order valence-electron chi connectivity index (χ0n) is 11.7. The van der Waals surface area contributed by atoms with Crippen LogP contribution >= 0.6 is 0 Å². The minimum Gasteiger partial charge on any atom is -0.454 e. The maximum atomic E-state index is 11.9. The Bertz CT molecular complexity index is 460. The summed E-state index contributed by atoms with van der Waals surface area (Å²) >= 11 is 0. The van der Waals surface area contributed by atoms with Gasteiger partial charge in [0.25, 0.3) is 0 Å².